The summed E-state index contributed by atoms with van der Waals surface area (Å²) in [7, 11) is 1.76. The molecule has 1 amide bonds. The number of nitrogens with two attached hydrogens (primary N) is 1. The van der Waals surface area contributed by atoms with E-state index in [0.717, 1.165) is 16.3 Å². The zero-order valence-electron chi connectivity index (χ0n) is 10.4. The van der Waals surface area contributed by atoms with E-state index in [4.69, 9.17) is 5.73 Å². The van der Waals surface area contributed by atoms with E-state index in [2.05, 4.69) is 4.98 Å². The van der Waals surface area contributed by atoms with Gasteiger partial charge < -0.3 is 10.6 Å². The fourth-order valence-corrected chi connectivity index (χ4v) is 2.37. The Bertz CT molecular complexity index is 565. The van der Waals surface area contributed by atoms with E-state index in [9.17, 15) is 4.79 Å². The lowest BCUT2D eigenvalue weighted by Crippen LogP contribution is -2.27. The Kier molecular flexibility index (Phi) is 3.74. The van der Waals surface area contributed by atoms with Crippen LogP contribution in [0.5, 0.6) is 0 Å². The van der Waals surface area contributed by atoms with Crippen LogP contribution in [0.3, 0.4) is 0 Å². The maximum Gasteiger partial charge on any atom is 0.277 e. The first kappa shape index (κ1) is 12.7. The predicted molar refractivity (Wildman–Crippen MR) is 73.9 cm³/mol. The highest BCUT2D eigenvalue weighted by molar-refractivity contribution is 7.09. The number of benzene rings is 1. The molecule has 0 spiro atoms. The summed E-state index contributed by atoms with van der Waals surface area (Å²) in [5, 5.41) is 2.52. The molecule has 1 aromatic heterocycles. The highest BCUT2D eigenvalue weighted by Crippen LogP contribution is 2.20. The van der Waals surface area contributed by atoms with Gasteiger partial charge in [-0.2, -0.15) is 0 Å². The molecule has 0 aliphatic carbocycles. The van der Waals surface area contributed by atoms with Crippen LogP contribution in [0.15, 0.2) is 29.6 Å². The molecule has 5 heteroatoms. The summed E-state index contributed by atoms with van der Waals surface area (Å²) in [6, 6.07) is 7.76. The summed E-state index contributed by atoms with van der Waals surface area (Å²) in [6.07, 6.45) is 0. The van der Waals surface area contributed by atoms with Crippen LogP contribution in [0.25, 0.3) is 0 Å². The molecule has 2 N–H and O–H groups in total. The molecule has 0 saturated heterocycles. The van der Waals surface area contributed by atoms with Crippen LogP contribution in [0.4, 0.5) is 5.69 Å². The molecule has 0 aliphatic heterocycles. The first-order chi connectivity index (χ1) is 8.63. The Morgan fingerprint density at radius 3 is 2.78 bits per heavy atom. The number of anilines is 1. The van der Waals surface area contributed by atoms with Crippen molar-refractivity contribution in [3.63, 3.8) is 0 Å². The second-order valence-corrected chi connectivity index (χ2v) is 4.92. The van der Waals surface area contributed by atoms with Crippen molar-refractivity contribution in [2.75, 3.05) is 11.9 Å². The fraction of sp³-hybridized carbons (Fsp3) is 0.231. The van der Waals surface area contributed by atoms with Crippen LogP contribution >= 0.6 is 11.3 Å². The van der Waals surface area contributed by atoms with E-state index in [-0.39, 0.29) is 5.91 Å². The van der Waals surface area contributed by atoms with E-state index in [0.29, 0.717) is 12.2 Å². The number of rotatable bonds is 3. The molecule has 94 valence electrons. The smallest absolute Gasteiger partial charge is 0.277 e. The summed E-state index contributed by atoms with van der Waals surface area (Å²) in [5.74, 6) is -0.111. The van der Waals surface area contributed by atoms with E-state index < -0.39 is 0 Å². The number of aromatic nitrogens is 1. The molecule has 1 aromatic carbocycles. The van der Waals surface area contributed by atoms with Gasteiger partial charge in [-0.15, -0.1) is 11.3 Å². The SMILES string of the molecule is Cc1ccccc1N(C)C(=O)c1csc(CN)n1. The maximum atomic E-state index is 12.3. The van der Waals surface area contributed by atoms with E-state index in [1.54, 1.807) is 17.3 Å². The Hall–Kier alpha value is -1.72. The molecule has 0 bridgehead atoms. The third-order valence-corrected chi connectivity index (χ3v) is 3.60. The van der Waals surface area contributed by atoms with Gasteiger partial charge in [0.15, 0.2) is 0 Å². The lowest BCUT2D eigenvalue weighted by atomic mass is 10.2. The largest absolute Gasteiger partial charge is 0.325 e. The van der Waals surface area contributed by atoms with E-state index in [1.807, 2.05) is 31.2 Å². The van der Waals surface area contributed by atoms with Gasteiger partial charge in [0.25, 0.3) is 5.91 Å². The minimum Gasteiger partial charge on any atom is -0.325 e. The summed E-state index contributed by atoms with van der Waals surface area (Å²) in [5.41, 5.74) is 7.90. The van der Waals surface area contributed by atoms with Gasteiger partial charge in [-0.25, -0.2) is 4.98 Å². The van der Waals surface area contributed by atoms with Crippen LogP contribution in [0.1, 0.15) is 21.1 Å². The van der Waals surface area contributed by atoms with Crippen LogP contribution in [-0.2, 0) is 6.54 Å². The topological polar surface area (TPSA) is 59.2 Å². The van der Waals surface area contributed by atoms with Crippen molar-refractivity contribution in [3.8, 4) is 0 Å². The van der Waals surface area contributed by atoms with Gasteiger partial charge in [-0.05, 0) is 18.6 Å². The van der Waals surface area contributed by atoms with Crippen LogP contribution in [-0.4, -0.2) is 17.9 Å². The normalized spacial score (nSPS) is 10.4. The van der Waals surface area contributed by atoms with Crippen molar-refractivity contribution in [2.45, 2.75) is 13.5 Å². The summed E-state index contributed by atoms with van der Waals surface area (Å²) < 4.78 is 0. The number of para-hydroxylation sites is 1. The molecule has 1 heterocycles. The molecule has 0 saturated carbocycles. The van der Waals surface area contributed by atoms with Crippen molar-refractivity contribution in [2.24, 2.45) is 5.73 Å². The first-order valence-corrected chi connectivity index (χ1v) is 6.49. The summed E-state index contributed by atoms with van der Waals surface area (Å²) in [4.78, 5) is 18.1. The van der Waals surface area contributed by atoms with E-state index >= 15 is 0 Å². The number of hydrogen-bond donors (Lipinski definition) is 1. The quantitative estimate of drug-likeness (QED) is 0.921. The molecule has 18 heavy (non-hydrogen) atoms. The third-order valence-electron chi connectivity index (χ3n) is 2.73. The Morgan fingerprint density at radius 1 is 1.44 bits per heavy atom. The van der Waals surface area contributed by atoms with E-state index in [1.165, 1.54) is 11.3 Å². The number of amides is 1. The van der Waals surface area contributed by atoms with Gasteiger partial charge in [0.1, 0.15) is 10.7 Å². The zero-order chi connectivity index (χ0) is 13.1. The van der Waals surface area contributed by atoms with Crippen molar-refractivity contribution in [1.29, 1.82) is 0 Å². The molecular formula is C13H15N3OS. The average Bonchev–Trinajstić information content (AvgIpc) is 2.86. The van der Waals surface area contributed by atoms with Crippen molar-refractivity contribution in [3.05, 3.63) is 45.9 Å². The van der Waals surface area contributed by atoms with Crippen molar-refractivity contribution in [1.82, 2.24) is 4.98 Å². The molecule has 4 nitrogen and oxygen atoms in total. The second kappa shape index (κ2) is 5.29. The number of thiazole rings is 1. The van der Waals surface area contributed by atoms with Gasteiger partial charge >= 0.3 is 0 Å². The molecular weight excluding hydrogens is 246 g/mol. The Labute approximate surface area is 110 Å². The standard InChI is InChI=1S/C13H15N3OS/c1-9-5-3-4-6-11(9)16(2)13(17)10-8-18-12(7-14)15-10/h3-6,8H,7,14H2,1-2H3. The number of carbonyl (C=O) groups is 1. The van der Waals surface area contributed by atoms with Crippen LogP contribution in [0.2, 0.25) is 0 Å². The maximum absolute atomic E-state index is 12.3. The molecule has 0 unspecified atom stereocenters. The van der Waals surface area contributed by atoms with Gasteiger partial charge in [0.05, 0.1) is 0 Å². The third kappa shape index (κ3) is 2.42. The van der Waals surface area contributed by atoms with Gasteiger partial charge in [0.2, 0.25) is 0 Å². The highest BCUT2D eigenvalue weighted by atomic mass is 32.1. The summed E-state index contributed by atoms with van der Waals surface area (Å²) >= 11 is 1.41. The van der Waals surface area contributed by atoms with Crippen LogP contribution in [0, 0.1) is 6.92 Å². The minimum atomic E-state index is -0.111. The lowest BCUT2D eigenvalue weighted by molar-refractivity contribution is 0.0988. The molecule has 0 aliphatic rings. The molecule has 0 radical (unpaired) electrons. The van der Waals surface area contributed by atoms with Crippen LogP contribution < -0.4 is 10.6 Å². The zero-order valence-corrected chi connectivity index (χ0v) is 11.2. The molecule has 2 aromatic rings. The fourth-order valence-electron chi connectivity index (χ4n) is 1.72. The minimum absolute atomic E-state index is 0.111. The van der Waals surface area contributed by atoms with Gasteiger partial charge in [-0.3, -0.25) is 4.79 Å². The molecule has 0 fully saturated rings. The van der Waals surface area contributed by atoms with Gasteiger partial charge in [0, 0.05) is 24.7 Å². The summed E-state index contributed by atoms with van der Waals surface area (Å²) in [6.45, 7) is 2.34. The average molecular weight is 261 g/mol. The highest BCUT2D eigenvalue weighted by Gasteiger charge is 2.17. The number of nitrogens with zero attached hydrogens (tertiary/aromatic N) is 2. The number of carbonyl (C=O) groups excluding carboxylic acids is 1. The van der Waals surface area contributed by atoms with Crippen molar-refractivity contribution >= 4 is 22.9 Å². The number of hydrogen-bond acceptors (Lipinski definition) is 4. The van der Waals surface area contributed by atoms with Gasteiger partial charge in [-0.1, -0.05) is 18.2 Å². The molecule has 0 atom stereocenters. The molecule has 2 rings (SSSR count). The van der Waals surface area contributed by atoms with Crippen molar-refractivity contribution < 1.29 is 4.79 Å². The predicted octanol–water partition coefficient (Wildman–Crippen LogP) is 2.19. The monoisotopic (exact) mass is 261 g/mol. The lowest BCUT2D eigenvalue weighted by Gasteiger charge is -2.18. The second-order valence-electron chi connectivity index (χ2n) is 3.98. The first-order valence-electron chi connectivity index (χ1n) is 5.61. The Morgan fingerprint density at radius 2 is 2.17 bits per heavy atom. The number of aryl methyl sites for hydroxylation is 1. The Balaban J connectivity index is 2.26.